The first-order valence-corrected chi connectivity index (χ1v) is 10.4. The van der Waals surface area contributed by atoms with Crippen molar-refractivity contribution < 1.29 is 30.7 Å². The largest absolute Gasteiger partial charge is 0.457 e. The van der Waals surface area contributed by atoms with Gasteiger partial charge in [-0.05, 0) is 37.1 Å². The lowest BCUT2D eigenvalue weighted by atomic mass is 10.1. The lowest BCUT2D eigenvalue weighted by Crippen LogP contribution is -2.12. The number of para-hydroxylation sites is 1. The molecule has 0 bridgehead atoms. The number of ether oxygens (including phenoxy) is 1. The van der Waals surface area contributed by atoms with Crippen molar-refractivity contribution in [3.05, 3.63) is 48.0 Å². The fraction of sp³-hybridized carbons (Fsp3) is 0.250. The Balaban J connectivity index is 2.72. The van der Waals surface area contributed by atoms with E-state index in [4.69, 9.17) is 4.74 Å². The van der Waals surface area contributed by atoms with Gasteiger partial charge >= 0.3 is 0 Å². The highest BCUT2D eigenvalue weighted by atomic mass is 32.2. The number of rotatable bonds is 7. The molecule has 0 amide bonds. The molecule has 0 aromatic heterocycles. The zero-order valence-electron chi connectivity index (χ0n) is 13.4. The number of hydrogen-bond donors (Lipinski definition) is 2. The van der Waals surface area contributed by atoms with Gasteiger partial charge in [-0.25, -0.2) is 0 Å². The molecule has 0 radical (unpaired) electrons. The zero-order valence-corrected chi connectivity index (χ0v) is 15.0. The van der Waals surface area contributed by atoms with Gasteiger partial charge in [0.1, 0.15) is 21.3 Å². The molecule has 25 heavy (non-hydrogen) atoms. The third-order valence-corrected chi connectivity index (χ3v) is 5.48. The Morgan fingerprint density at radius 3 is 2.08 bits per heavy atom. The van der Waals surface area contributed by atoms with Crippen LogP contribution in [-0.2, 0) is 26.7 Å². The summed E-state index contributed by atoms with van der Waals surface area (Å²) >= 11 is 0. The first-order chi connectivity index (χ1) is 11.6. The van der Waals surface area contributed by atoms with Gasteiger partial charge in [0.25, 0.3) is 20.2 Å². The van der Waals surface area contributed by atoms with Crippen molar-refractivity contribution in [3.8, 4) is 11.5 Å². The summed E-state index contributed by atoms with van der Waals surface area (Å²) in [6.07, 6.45) is 1.38. The molecule has 136 valence electrons. The Morgan fingerprint density at radius 1 is 0.920 bits per heavy atom. The Labute approximate surface area is 146 Å². The minimum Gasteiger partial charge on any atom is -0.457 e. The summed E-state index contributed by atoms with van der Waals surface area (Å²) < 4.78 is 71.2. The van der Waals surface area contributed by atoms with Crippen molar-refractivity contribution in [1.29, 1.82) is 0 Å². The fourth-order valence-electron chi connectivity index (χ4n) is 2.38. The summed E-state index contributed by atoms with van der Waals surface area (Å²) in [5, 5.41) is 0. The van der Waals surface area contributed by atoms with E-state index in [0.29, 0.717) is 18.6 Å². The van der Waals surface area contributed by atoms with Crippen LogP contribution < -0.4 is 4.74 Å². The summed E-state index contributed by atoms with van der Waals surface area (Å²) in [7, 11) is -9.76. The van der Waals surface area contributed by atoms with Gasteiger partial charge in [0, 0.05) is 5.56 Å². The molecule has 0 unspecified atom stereocenters. The van der Waals surface area contributed by atoms with Gasteiger partial charge < -0.3 is 4.74 Å². The molecular weight excluding hydrogens is 368 g/mol. The third kappa shape index (κ3) is 4.79. The van der Waals surface area contributed by atoms with Crippen LogP contribution in [0.5, 0.6) is 11.5 Å². The predicted molar refractivity (Wildman–Crippen MR) is 91.2 cm³/mol. The molecule has 2 rings (SSSR count). The molecule has 0 saturated heterocycles. The van der Waals surface area contributed by atoms with Crippen molar-refractivity contribution >= 4 is 20.2 Å². The summed E-state index contributed by atoms with van der Waals surface area (Å²) in [4.78, 5) is -1.72. The van der Waals surface area contributed by atoms with E-state index < -0.39 is 30.0 Å². The summed E-state index contributed by atoms with van der Waals surface area (Å²) in [5.41, 5.74) is 0.00308. The van der Waals surface area contributed by atoms with E-state index in [0.717, 1.165) is 6.07 Å². The molecule has 0 aliphatic carbocycles. The molecule has 0 aliphatic rings. The van der Waals surface area contributed by atoms with E-state index in [1.165, 1.54) is 6.07 Å². The number of benzene rings is 2. The SMILES string of the molecule is CCCCc1c(Oc2ccccc2)ccc(S(=O)(=O)O)c1S(=O)(=O)O. The lowest BCUT2D eigenvalue weighted by molar-refractivity contribution is 0.452. The third-order valence-electron chi connectivity index (χ3n) is 3.47. The molecule has 0 heterocycles. The Morgan fingerprint density at radius 2 is 1.56 bits per heavy atom. The fourth-order valence-corrected chi connectivity index (χ4v) is 4.44. The van der Waals surface area contributed by atoms with Gasteiger partial charge in [0.2, 0.25) is 0 Å². The predicted octanol–water partition coefficient (Wildman–Crippen LogP) is 3.31. The van der Waals surface area contributed by atoms with E-state index in [1.54, 1.807) is 30.3 Å². The van der Waals surface area contributed by atoms with E-state index in [2.05, 4.69) is 0 Å². The number of unbranched alkanes of at least 4 members (excludes halogenated alkanes) is 1. The number of hydrogen-bond acceptors (Lipinski definition) is 5. The van der Waals surface area contributed by atoms with Crippen molar-refractivity contribution in [2.75, 3.05) is 0 Å². The average molecular weight is 386 g/mol. The van der Waals surface area contributed by atoms with Crippen LogP contribution in [0.25, 0.3) is 0 Å². The van der Waals surface area contributed by atoms with E-state index in [1.807, 2.05) is 6.92 Å². The van der Waals surface area contributed by atoms with Gasteiger partial charge in [-0.15, -0.1) is 0 Å². The normalized spacial score (nSPS) is 12.1. The van der Waals surface area contributed by atoms with Crippen LogP contribution in [0, 0.1) is 0 Å². The van der Waals surface area contributed by atoms with Crippen molar-refractivity contribution in [1.82, 2.24) is 0 Å². The lowest BCUT2D eigenvalue weighted by Gasteiger charge is -2.16. The highest BCUT2D eigenvalue weighted by molar-refractivity contribution is 7.89. The maximum absolute atomic E-state index is 11.8. The first-order valence-electron chi connectivity index (χ1n) is 7.48. The monoisotopic (exact) mass is 386 g/mol. The van der Waals surface area contributed by atoms with Crippen molar-refractivity contribution in [3.63, 3.8) is 0 Å². The average Bonchev–Trinajstić information content (AvgIpc) is 2.52. The minimum atomic E-state index is -4.91. The summed E-state index contributed by atoms with van der Waals surface area (Å²) in [6.45, 7) is 1.87. The van der Waals surface area contributed by atoms with Gasteiger partial charge in [-0.1, -0.05) is 31.5 Å². The quantitative estimate of drug-likeness (QED) is 0.701. The van der Waals surface area contributed by atoms with Crippen LogP contribution in [0.1, 0.15) is 25.3 Å². The topological polar surface area (TPSA) is 118 Å². The Kier molecular flexibility index (Phi) is 5.83. The van der Waals surface area contributed by atoms with Gasteiger partial charge in [-0.3, -0.25) is 9.11 Å². The van der Waals surface area contributed by atoms with Crippen molar-refractivity contribution in [2.24, 2.45) is 0 Å². The maximum atomic E-state index is 11.8. The molecule has 0 aliphatic heterocycles. The van der Waals surface area contributed by atoms with Gasteiger partial charge in [0.05, 0.1) is 0 Å². The molecule has 7 nitrogen and oxygen atoms in total. The Bertz CT molecular complexity index is 949. The molecular formula is C16H18O7S2. The van der Waals surface area contributed by atoms with E-state index in [-0.39, 0.29) is 17.7 Å². The Hall–Kier alpha value is -1.94. The molecule has 2 aromatic carbocycles. The molecule has 2 aromatic rings. The molecule has 2 N–H and O–H groups in total. The second-order valence-corrected chi connectivity index (χ2v) is 8.09. The highest BCUT2D eigenvalue weighted by Crippen LogP contribution is 2.35. The summed E-state index contributed by atoms with van der Waals surface area (Å²) in [6, 6.07) is 10.7. The van der Waals surface area contributed by atoms with Gasteiger partial charge in [0.15, 0.2) is 0 Å². The van der Waals surface area contributed by atoms with Crippen LogP contribution in [0.3, 0.4) is 0 Å². The standard InChI is InChI=1S/C16H18O7S2/c1-2-3-9-13-14(23-12-7-5-4-6-8-12)10-11-15(24(17,18)19)16(13)25(20,21)22/h4-8,10-11H,2-3,9H2,1H3,(H,17,18,19)(H,20,21,22). The maximum Gasteiger partial charge on any atom is 0.296 e. The van der Waals surface area contributed by atoms with Crippen LogP contribution in [-0.4, -0.2) is 25.9 Å². The summed E-state index contributed by atoms with van der Waals surface area (Å²) in [5.74, 6) is 0.515. The second kappa shape index (κ2) is 7.52. The molecule has 0 spiro atoms. The van der Waals surface area contributed by atoms with Crippen LogP contribution in [0.2, 0.25) is 0 Å². The second-order valence-electron chi connectivity index (χ2n) is 5.34. The van der Waals surface area contributed by atoms with Crippen LogP contribution in [0.15, 0.2) is 52.3 Å². The van der Waals surface area contributed by atoms with Crippen LogP contribution in [0.4, 0.5) is 0 Å². The van der Waals surface area contributed by atoms with E-state index in [9.17, 15) is 25.9 Å². The minimum absolute atomic E-state index is 0.00308. The molecule has 0 fully saturated rings. The van der Waals surface area contributed by atoms with Gasteiger partial charge in [-0.2, -0.15) is 16.8 Å². The van der Waals surface area contributed by atoms with E-state index >= 15 is 0 Å². The molecule has 0 saturated carbocycles. The molecule has 0 atom stereocenters. The smallest absolute Gasteiger partial charge is 0.296 e. The van der Waals surface area contributed by atoms with Crippen LogP contribution >= 0.6 is 0 Å². The highest BCUT2D eigenvalue weighted by Gasteiger charge is 2.29. The van der Waals surface area contributed by atoms with Crippen molar-refractivity contribution in [2.45, 2.75) is 36.0 Å². The molecule has 9 heteroatoms. The first kappa shape index (κ1) is 19.4. The zero-order chi connectivity index (χ0) is 18.7.